The molecular formula is C21H18F8N2O. The number of rotatable bonds is 3. The molecule has 174 valence electrons. The molecule has 2 unspecified atom stereocenters. The van der Waals surface area contributed by atoms with Gasteiger partial charge in [-0.05, 0) is 48.9 Å². The molecular weight excluding hydrogens is 448 g/mol. The average molecular weight is 466 g/mol. The fourth-order valence-electron chi connectivity index (χ4n) is 3.82. The van der Waals surface area contributed by atoms with Gasteiger partial charge in [-0.25, -0.2) is 8.78 Å². The molecule has 1 heterocycles. The van der Waals surface area contributed by atoms with E-state index in [9.17, 15) is 39.9 Å². The largest absolute Gasteiger partial charge is 0.416 e. The zero-order valence-electron chi connectivity index (χ0n) is 16.6. The van der Waals surface area contributed by atoms with Crippen LogP contribution < -0.4 is 5.32 Å². The molecule has 1 N–H and O–H groups in total. The number of piperidine rings is 1. The van der Waals surface area contributed by atoms with Gasteiger partial charge in [-0.1, -0.05) is 6.07 Å². The summed E-state index contributed by atoms with van der Waals surface area (Å²) < 4.78 is 106. The summed E-state index contributed by atoms with van der Waals surface area (Å²) >= 11 is 0. The summed E-state index contributed by atoms with van der Waals surface area (Å²) in [7, 11) is 1.26. The van der Waals surface area contributed by atoms with Crippen molar-refractivity contribution in [3.05, 3.63) is 70.3 Å². The molecule has 0 aromatic heterocycles. The first-order valence-electron chi connectivity index (χ1n) is 9.51. The van der Waals surface area contributed by atoms with E-state index >= 15 is 0 Å². The molecule has 2 atom stereocenters. The van der Waals surface area contributed by atoms with E-state index in [4.69, 9.17) is 0 Å². The van der Waals surface area contributed by atoms with E-state index in [0.29, 0.717) is 30.7 Å². The first kappa shape index (κ1) is 24.0. The second kappa shape index (κ2) is 8.68. The Kier molecular flexibility index (Phi) is 6.50. The van der Waals surface area contributed by atoms with Crippen LogP contribution in [0.5, 0.6) is 0 Å². The summed E-state index contributed by atoms with van der Waals surface area (Å²) in [6.45, 7) is 0.669. The molecule has 0 bridgehead atoms. The van der Waals surface area contributed by atoms with Crippen LogP contribution in [0.1, 0.15) is 39.4 Å². The number of carbonyl (C=O) groups is 1. The van der Waals surface area contributed by atoms with Gasteiger partial charge < -0.3 is 10.2 Å². The van der Waals surface area contributed by atoms with Gasteiger partial charge in [0.15, 0.2) is 11.6 Å². The molecule has 2 aromatic carbocycles. The van der Waals surface area contributed by atoms with Crippen LogP contribution in [-0.4, -0.2) is 37.0 Å². The molecule has 1 aliphatic rings. The van der Waals surface area contributed by atoms with Gasteiger partial charge in [0.2, 0.25) is 0 Å². The molecule has 11 heteroatoms. The Labute approximate surface area is 178 Å². The SMILES string of the molecule is CN(C(=O)c1cc(C(F)(F)F)cc(C(F)(F)F)c1)C1CCNCC1c1ccc(F)c(F)c1. The third kappa shape index (κ3) is 5.03. The molecule has 3 nitrogen and oxygen atoms in total. The number of amides is 1. The first-order valence-corrected chi connectivity index (χ1v) is 9.51. The Morgan fingerprint density at radius 2 is 1.53 bits per heavy atom. The minimum atomic E-state index is -5.09. The maximum atomic E-state index is 13.7. The number of benzene rings is 2. The lowest BCUT2D eigenvalue weighted by Crippen LogP contribution is -2.49. The zero-order valence-corrected chi connectivity index (χ0v) is 16.6. The van der Waals surface area contributed by atoms with Crippen LogP contribution >= 0.6 is 0 Å². The molecule has 0 saturated carbocycles. The minimum Gasteiger partial charge on any atom is -0.338 e. The summed E-state index contributed by atoms with van der Waals surface area (Å²) in [6.07, 6.45) is -9.87. The highest BCUT2D eigenvalue weighted by atomic mass is 19.4. The maximum absolute atomic E-state index is 13.7. The van der Waals surface area contributed by atoms with E-state index in [2.05, 4.69) is 5.32 Å². The number of hydrogen-bond acceptors (Lipinski definition) is 2. The normalized spacial score (nSPS) is 19.7. The predicted octanol–water partition coefficient (Wildman–Crippen LogP) is 5.22. The van der Waals surface area contributed by atoms with E-state index in [0.717, 1.165) is 17.0 Å². The molecule has 32 heavy (non-hydrogen) atoms. The van der Waals surface area contributed by atoms with Gasteiger partial charge in [-0.15, -0.1) is 0 Å². The van der Waals surface area contributed by atoms with Crippen LogP contribution in [0.4, 0.5) is 35.1 Å². The van der Waals surface area contributed by atoms with Crippen molar-refractivity contribution in [2.45, 2.75) is 30.7 Å². The Morgan fingerprint density at radius 3 is 2.06 bits per heavy atom. The number of hydrogen-bond donors (Lipinski definition) is 1. The van der Waals surface area contributed by atoms with E-state index in [1.54, 1.807) is 0 Å². The Bertz CT molecular complexity index is 970. The van der Waals surface area contributed by atoms with Crippen LogP contribution in [0.25, 0.3) is 0 Å². The fourth-order valence-corrected chi connectivity index (χ4v) is 3.82. The Morgan fingerprint density at radius 1 is 0.938 bits per heavy atom. The van der Waals surface area contributed by atoms with Gasteiger partial charge in [0.1, 0.15) is 0 Å². The third-order valence-electron chi connectivity index (χ3n) is 5.47. The van der Waals surface area contributed by atoms with E-state index in [1.807, 2.05) is 0 Å². The van der Waals surface area contributed by atoms with Crippen molar-refractivity contribution in [2.75, 3.05) is 20.1 Å². The third-order valence-corrected chi connectivity index (χ3v) is 5.47. The molecule has 0 spiro atoms. The minimum absolute atomic E-state index is 0.0502. The van der Waals surface area contributed by atoms with Gasteiger partial charge in [0.25, 0.3) is 5.91 Å². The maximum Gasteiger partial charge on any atom is 0.416 e. The van der Waals surface area contributed by atoms with Crippen LogP contribution in [0.2, 0.25) is 0 Å². The van der Waals surface area contributed by atoms with Crippen molar-refractivity contribution in [3.8, 4) is 0 Å². The molecule has 1 fully saturated rings. The Hall–Kier alpha value is -2.69. The highest BCUT2D eigenvalue weighted by molar-refractivity contribution is 5.94. The second-order valence-electron chi connectivity index (χ2n) is 7.55. The zero-order chi connectivity index (χ0) is 23.8. The van der Waals surface area contributed by atoms with Gasteiger partial charge in [0, 0.05) is 31.1 Å². The van der Waals surface area contributed by atoms with Crippen molar-refractivity contribution >= 4 is 5.91 Å². The molecule has 0 radical (unpaired) electrons. The summed E-state index contributed by atoms with van der Waals surface area (Å²) in [5, 5.41) is 3.04. The molecule has 0 aliphatic carbocycles. The molecule has 2 aromatic rings. The quantitative estimate of drug-likeness (QED) is 0.630. The van der Waals surface area contributed by atoms with Crippen LogP contribution in [-0.2, 0) is 12.4 Å². The van der Waals surface area contributed by atoms with Gasteiger partial charge >= 0.3 is 12.4 Å². The fraction of sp³-hybridized carbons (Fsp3) is 0.381. The van der Waals surface area contributed by atoms with Crippen molar-refractivity contribution in [1.82, 2.24) is 10.2 Å². The van der Waals surface area contributed by atoms with Gasteiger partial charge in [-0.3, -0.25) is 4.79 Å². The predicted molar refractivity (Wildman–Crippen MR) is 98.9 cm³/mol. The summed E-state index contributed by atoms with van der Waals surface area (Å²) in [5.74, 6) is -3.77. The monoisotopic (exact) mass is 466 g/mol. The van der Waals surface area contributed by atoms with E-state index in [1.165, 1.54) is 13.1 Å². The first-order chi connectivity index (χ1) is 14.8. The van der Waals surface area contributed by atoms with Crippen LogP contribution in [0.15, 0.2) is 36.4 Å². The number of nitrogens with zero attached hydrogens (tertiary/aromatic N) is 1. The van der Waals surface area contributed by atoms with E-state index in [-0.39, 0.29) is 12.6 Å². The van der Waals surface area contributed by atoms with Gasteiger partial charge in [0.05, 0.1) is 11.1 Å². The molecule has 1 saturated heterocycles. The molecule has 1 amide bonds. The van der Waals surface area contributed by atoms with Crippen molar-refractivity contribution in [2.24, 2.45) is 0 Å². The second-order valence-corrected chi connectivity index (χ2v) is 7.55. The number of likely N-dealkylation sites (N-methyl/N-ethyl adjacent to an activating group) is 1. The van der Waals surface area contributed by atoms with Crippen molar-refractivity contribution in [3.63, 3.8) is 0 Å². The van der Waals surface area contributed by atoms with Crippen LogP contribution in [0, 0.1) is 11.6 Å². The molecule has 1 aliphatic heterocycles. The van der Waals surface area contributed by atoms with Crippen molar-refractivity contribution < 1.29 is 39.9 Å². The molecule has 3 rings (SSSR count). The smallest absolute Gasteiger partial charge is 0.338 e. The van der Waals surface area contributed by atoms with Crippen molar-refractivity contribution in [1.29, 1.82) is 0 Å². The lowest BCUT2D eigenvalue weighted by Gasteiger charge is -2.39. The highest BCUT2D eigenvalue weighted by Gasteiger charge is 2.39. The number of nitrogens with one attached hydrogen (secondary N) is 1. The Balaban J connectivity index is 1.97. The van der Waals surface area contributed by atoms with Crippen LogP contribution in [0.3, 0.4) is 0 Å². The average Bonchev–Trinajstić information content (AvgIpc) is 2.73. The standard InChI is InChI=1S/C21H18F8N2O/c1-31(18-4-5-30-10-15(18)11-2-3-16(22)17(23)8-11)19(32)12-6-13(20(24,25)26)9-14(7-12)21(27,28)29/h2-3,6-9,15,18,30H,4-5,10H2,1H3. The summed E-state index contributed by atoms with van der Waals surface area (Å²) in [5.41, 5.74) is -3.60. The number of halogens is 8. The lowest BCUT2D eigenvalue weighted by atomic mass is 9.85. The topological polar surface area (TPSA) is 32.3 Å². The van der Waals surface area contributed by atoms with E-state index < -0.39 is 58.5 Å². The lowest BCUT2D eigenvalue weighted by molar-refractivity contribution is -0.143. The van der Waals surface area contributed by atoms with Gasteiger partial charge in [-0.2, -0.15) is 26.3 Å². The number of alkyl halides is 6. The summed E-state index contributed by atoms with van der Waals surface area (Å²) in [4.78, 5) is 14.0. The summed E-state index contributed by atoms with van der Waals surface area (Å²) in [6, 6.07) is 3.24. The number of carbonyl (C=O) groups excluding carboxylic acids is 1. The highest BCUT2D eigenvalue weighted by Crippen LogP contribution is 2.37.